The SMILES string of the molecule is C[C@@H]1[C@H](CSc2ccccc2)O[C@H](c2cccc(-c3cccc(CNS(=O)(=O)c4ccccc4)c3)c2)O[C@@H]1c1ccc(CO)cc1. The van der Waals surface area contributed by atoms with Crippen LogP contribution in [0.15, 0.2) is 143 Å². The highest BCUT2D eigenvalue weighted by atomic mass is 32.2. The summed E-state index contributed by atoms with van der Waals surface area (Å²) in [5, 5.41) is 9.57. The third kappa shape index (κ3) is 7.78. The van der Waals surface area contributed by atoms with E-state index in [0.29, 0.717) is 0 Å². The highest BCUT2D eigenvalue weighted by Crippen LogP contribution is 2.43. The van der Waals surface area contributed by atoms with E-state index >= 15 is 0 Å². The van der Waals surface area contributed by atoms with Crippen molar-refractivity contribution in [3.05, 3.63) is 156 Å². The fourth-order valence-electron chi connectivity index (χ4n) is 5.59. The summed E-state index contributed by atoms with van der Waals surface area (Å²) in [7, 11) is -3.62. The van der Waals surface area contributed by atoms with E-state index in [2.05, 4.69) is 29.8 Å². The van der Waals surface area contributed by atoms with Gasteiger partial charge < -0.3 is 14.6 Å². The maximum absolute atomic E-state index is 12.8. The largest absolute Gasteiger partial charge is 0.392 e. The fourth-order valence-corrected chi connectivity index (χ4v) is 7.72. The molecule has 0 radical (unpaired) electrons. The van der Waals surface area contributed by atoms with Gasteiger partial charge in [-0.15, -0.1) is 11.8 Å². The number of hydrogen-bond acceptors (Lipinski definition) is 6. The summed E-state index contributed by atoms with van der Waals surface area (Å²) >= 11 is 1.78. The van der Waals surface area contributed by atoms with Crippen LogP contribution in [0.2, 0.25) is 0 Å². The van der Waals surface area contributed by atoms with Gasteiger partial charge in [0.25, 0.3) is 0 Å². The third-order valence-electron chi connectivity index (χ3n) is 8.22. The number of aliphatic hydroxyl groups excluding tert-OH is 1. The molecule has 0 aliphatic carbocycles. The summed E-state index contributed by atoms with van der Waals surface area (Å²) in [6.07, 6.45) is -0.852. The van der Waals surface area contributed by atoms with E-state index in [1.54, 1.807) is 42.1 Å². The Morgan fingerprint density at radius 1 is 0.717 bits per heavy atom. The molecule has 5 aromatic carbocycles. The molecule has 46 heavy (non-hydrogen) atoms. The van der Waals surface area contributed by atoms with Gasteiger partial charge in [0.1, 0.15) is 0 Å². The lowest BCUT2D eigenvalue weighted by molar-refractivity contribution is -0.268. The number of benzene rings is 5. The molecule has 0 bridgehead atoms. The number of nitrogens with one attached hydrogen (secondary N) is 1. The lowest BCUT2D eigenvalue weighted by Crippen LogP contribution is -2.38. The summed E-state index contributed by atoms with van der Waals surface area (Å²) in [6.45, 7) is 2.34. The van der Waals surface area contributed by atoms with E-state index in [9.17, 15) is 13.5 Å². The first-order valence-electron chi connectivity index (χ1n) is 15.3. The number of ether oxygens (including phenoxy) is 2. The first-order chi connectivity index (χ1) is 22.4. The van der Waals surface area contributed by atoms with E-state index in [4.69, 9.17) is 9.47 Å². The molecule has 236 valence electrons. The summed E-state index contributed by atoms with van der Waals surface area (Å²) < 4.78 is 41.6. The van der Waals surface area contributed by atoms with Crippen molar-refractivity contribution >= 4 is 21.8 Å². The second-order valence-corrected chi connectivity index (χ2v) is 14.3. The van der Waals surface area contributed by atoms with Gasteiger partial charge in [0.05, 0.1) is 23.7 Å². The van der Waals surface area contributed by atoms with Crippen LogP contribution in [0.1, 0.15) is 41.6 Å². The molecule has 2 N–H and O–H groups in total. The van der Waals surface area contributed by atoms with E-state index < -0.39 is 16.3 Å². The van der Waals surface area contributed by atoms with Gasteiger partial charge in [0, 0.05) is 28.7 Å². The van der Waals surface area contributed by atoms with Crippen LogP contribution in [0.4, 0.5) is 0 Å². The monoisotopic (exact) mass is 651 g/mol. The Morgan fingerprint density at radius 2 is 1.39 bits per heavy atom. The van der Waals surface area contributed by atoms with Gasteiger partial charge in [-0.1, -0.05) is 104 Å². The predicted molar refractivity (Wildman–Crippen MR) is 182 cm³/mol. The van der Waals surface area contributed by atoms with Crippen LogP contribution in [0, 0.1) is 5.92 Å². The van der Waals surface area contributed by atoms with Gasteiger partial charge >= 0.3 is 0 Å². The van der Waals surface area contributed by atoms with Crippen molar-refractivity contribution in [2.24, 2.45) is 5.92 Å². The molecule has 0 unspecified atom stereocenters. The number of aliphatic hydroxyl groups is 1. The maximum atomic E-state index is 12.8. The Hall–Kier alpha value is -3.76. The number of rotatable bonds is 11. The average molecular weight is 652 g/mol. The second kappa shape index (κ2) is 14.8. The molecule has 1 fully saturated rings. The molecule has 8 heteroatoms. The molecule has 1 saturated heterocycles. The Balaban J connectivity index is 1.23. The topological polar surface area (TPSA) is 84.9 Å². The lowest BCUT2D eigenvalue weighted by atomic mass is 9.91. The van der Waals surface area contributed by atoms with Gasteiger partial charge in [0.2, 0.25) is 10.0 Å². The first kappa shape index (κ1) is 32.2. The normalized spacial score (nSPS) is 20.0. The molecule has 1 aliphatic rings. The van der Waals surface area contributed by atoms with Gasteiger partial charge in [-0.05, 0) is 64.2 Å². The molecule has 6 rings (SSSR count). The van der Waals surface area contributed by atoms with Crippen LogP contribution in [0.5, 0.6) is 0 Å². The van der Waals surface area contributed by atoms with Crippen LogP contribution in [0.25, 0.3) is 11.1 Å². The van der Waals surface area contributed by atoms with Crippen LogP contribution in [-0.4, -0.2) is 25.4 Å². The Kier molecular flexibility index (Phi) is 10.3. The summed E-state index contributed by atoms with van der Waals surface area (Å²) in [5.41, 5.74) is 5.62. The van der Waals surface area contributed by atoms with Gasteiger partial charge in [-0.25, -0.2) is 13.1 Å². The Bertz CT molecular complexity index is 1830. The summed E-state index contributed by atoms with van der Waals surface area (Å²) in [4.78, 5) is 1.43. The molecule has 0 saturated carbocycles. The van der Waals surface area contributed by atoms with Crippen molar-refractivity contribution < 1.29 is 23.0 Å². The predicted octanol–water partition coefficient (Wildman–Crippen LogP) is 7.91. The molecule has 0 amide bonds. The Labute approximate surface area is 275 Å². The maximum Gasteiger partial charge on any atom is 0.240 e. The Morgan fingerprint density at radius 3 is 2.11 bits per heavy atom. The van der Waals surface area contributed by atoms with E-state index in [1.165, 1.54) is 4.90 Å². The van der Waals surface area contributed by atoms with Crippen molar-refractivity contribution in [1.29, 1.82) is 0 Å². The van der Waals surface area contributed by atoms with E-state index in [1.807, 2.05) is 84.9 Å². The van der Waals surface area contributed by atoms with Crippen LogP contribution in [0.3, 0.4) is 0 Å². The summed E-state index contributed by atoms with van der Waals surface area (Å²) in [5.74, 6) is 0.864. The summed E-state index contributed by atoms with van der Waals surface area (Å²) in [6, 6.07) is 42.7. The highest BCUT2D eigenvalue weighted by Gasteiger charge is 2.38. The molecule has 4 atom stereocenters. The van der Waals surface area contributed by atoms with Crippen molar-refractivity contribution in [3.8, 4) is 11.1 Å². The number of thioether (sulfide) groups is 1. The minimum atomic E-state index is -3.62. The number of hydrogen-bond donors (Lipinski definition) is 2. The van der Waals surface area contributed by atoms with Crippen LogP contribution < -0.4 is 4.72 Å². The molecule has 0 spiro atoms. The average Bonchev–Trinajstić information content (AvgIpc) is 3.11. The van der Waals surface area contributed by atoms with Gasteiger partial charge in [0.15, 0.2) is 6.29 Å². The smallest absolute Gasteiger partial charge is 0.240 e. The zero-order chi connectivity index (χ0) is 31.9. The highest BCUT2D eigenvalue weighted by molar-refractivity contribution is 7.99. The van der Waals surface area contributed by atoms with Crippen molar-refractivity contribution in [2.75, 3.05) is 5.75 Å². The second-order valence-electron chi connectivity index (χ2n) is 11.4. The molecule has 5 aromatic rings. The molecule has 0 aromatic heterocycles. The van der Waals surface area contributed by atoms with E-state index in [0.717, 1.165) is 39.1 Å². The van der Waals surface area contributed by atoms with Gasteiger partial charge in [-0.2, -0.15) is 0 Å². The zero-order valence-electron chi connectivity index (χ0n) is 25.5. The number of sulfonamides is 1. The molecular formula is C38H37NO5S2. The molecule has 1 heterocycles. The lowest BCUT2D eigenvalue weighted by Gasteiger charge is -2.41. The molecular weight excluding hydrogens is 615 g/mol. The standard InChI is InChI=1S/C38H37NO5S2/c1-27-36(26-45-34-14-4-2-5-15-34)43-38(44-37(27)30-20-18-28(25-40)19-21-30)33-13-9-12-32(23-33)31-11-8-10-29(22-31)24-39-46(41,42)35-16-6-3-7-17-35/h2-23,27,36-40H,24-26H2,1H3/t27-,36+,37+,38+/m1/s1. The van der Waals surface area contributed by atoms with Crippen LogP contribution >= 0.6 is 11.8 Å². The molecule has 6 nitrogen and oxygen atoms in total. The van der Waals surface area contributed by atoms with Crippen molar-refractivity contribution in [1.82, 2.24) is 4.72 Å². The molecule has 1 aliphatic heterocycles. The van der Waals surface area contributed by atoms with Crippen molar-refractivity contribution in [3.63, 3.8) is 0 Å². The van der Waals surface area contributed by atoms with Crippen LogP contribution in [-0.2, 0) is 32.6 Å². The third-order valence-corrected chi connectivity index (χ3v) is 10.7. The zero-order valence-corrected chi connectivity index (χ0v) is 27.2. The minimum Gasteiger partial charge on any atom is -0.392 e. The first-order valence-corrected chi connectivity index (χ1v) is 17.8. The minimum absolute atomic E-state index is 0.00364. The fraction of sp³-hybridized carbons (Fsp3) is 0.211. The quantitative estimate of drug-likeness (QED) is 0.141. The van der Waals surface area contributed by atoms with Gasteiger partial charge in [-0.3, -0.25) is 0 Å². The van der Waals surface area contributed by atoms with Crippen molar-refractivity contribution in [2.45, 2.75) is 48.4 Å². The van der Waals surface area contributed by atoms with E-state index in [-0.39, 0.29) is 36.2 Å².